The van der Waals surface area contributed by atoms with Crippen LogP contribution in [0.1, 0.15) is 46.1 Å². The van der Waals surface area contributed by atoms with Gasteiger partial charge >= 0.3 is 0 Å². The molecule has 3 N–H and O–H groups in total. The van der Waals surface area contributed by atoms with Gasteiger partial charge in [-0.1, -0.05) is 5.57 Å². The Morgan fingerprint density at radius 1 is 1.15 bits per heavy atom. The maximum atomic E-state index is 13.3. The third-order valence-corrected chi connectivity index (χ3v) is 3.92. The van der Waals surface area contributed by atoms with E-state index in [9.17, 15) is 18.4 Å². The molecule has 4 nitrogen and oxygen atoms in total. The zero-order valence-electron chi connectivity index (χ0n) is 15.9. The molecule has 2 amide bonds. The van der Waals surface area contributed by atoms with Crippen molar-refractivity contribution >= 4 is 11.8 Å². The molecule has 1 aromatic rings. The smallest absolute Gasteiger partial charge is 0.224 e. The van der Waals surface area contributed by atoms with E-state index in [0.717, 1.165) is 11.6 Å². The van der Waals surface area contributed by atoms with Crippen LogP contribution in [0.4, 0.5) is 8.78 Å². The van der Waals surface area contributed by atoms with E-state index in [0.29, 0.717) is 12.0 Å². The number of carbonyl (C=O) groups is 2. The Morgan fingerprint density at radius 2 is 1.69 bits per heavy atom. The summed E-state index contributed by atoms with van der Waals surface area (Å²) in [7, 11) is 0. The largest absolute Gasteiger partial charge is 0.369 e. The molecule has 2 atom stereocenters. The lowest BCUT2D eigenvalue weighted by atomic mass is 9.81. The van der Waals surface area contributed by atoms with Gasteiger partial charge in [-0.15, -0.1) is 6.58 Å². The summed E-state index contributed by atoms with van der Waals surface area (Å²) in [6.45, 7) is 11.1. The molecule has 0 fully saturated rings. The lowest BCUT2D eigenvalue weighted by Crippen LogP contribution is -2.47. The summed E-state index contributed by atoms with van der Waals surface area (Å²) >= 11 is 0. The van der Waals surface area contributed by atoms with Crippen LogP contribution in [-0.4, -0.2) is 17.4 Å². The zero-order chi connectivity index (χ0) is 20.1. The van der Waals surface area contributed by atoms with Gasteiger partial charge in [-0.3, -0.25) is 9.59 Å². The average molecular weight is 366 g/mol. The van der Waals surface area contributed by atoms with Crippen LogP contribution in [0, 0.1) is 23.5 Å². The fourth-order valence-electron chi connectivity index (χ4n) is 2.87. The van der Waals surface area contributed by atoms with E-state index >= 15 is 0 Å². The van der Waals surface area contributed by atoms with Crippen LogP contribution in [0.25, 0.3) is 0 Å². The predicted octanol–water partition coefficient (Wildman–Crippen LogP) is 3.50. The van der Waals surface area contributed by atoms with Crippen LogP contribution in [0.5, 0.6) is 0 Å². The number of nitrogens with one attached hydrogen (secondary N) is 1. The Bertz CT molecular complexity index is 661. The Kier molecular flexibility index (Phi) is 7.48. The summed E-state index contributed by atoms with van der Waals surface area (Å²) < 4.78 is 26.7. The van der Waals surface area contributed by atoms with Crippen LogP contribution in [0.15, 0.2) is 30.4 Å². The van der Waals surface area contributed by atoms with E-state index in [1.807, 2.05) is 20.8 Å². The van der Waals surface area contributed by atoms with Crippen LogP contribution in [0.2, 0.25) is 0 Å². The van der Waals surface area contributed by atoms with Crippen LogP contribution < -0.4 is 11.1 Å². The molecular formula is C20H28F2N2O2. The van der Waals surface area contributed by atoms with Gasteiger partial charge in [0.2, 0.25) is 11.8 Å². The lowest BCUT2D eigenvalue weighted by molar-refractivity contribution is -0.134. The second-order valence-corrected chi connectivity index (χ2v) is 7.83. The van der Waals surface area contributed by atoms with E-state index in [4.69, 9.17) is 5.73 Å². The summed E-state index contributed by atoms with van der Waals surface area (Å²) in [5.41, 5.74) is 6.25. The third-order valence-electron chi connectivity index (χ3n) is 3.92. The molecule has 1 rings (SSSR count). The highest BCUT2D eigenvalue weighted by Crippen LogP contribution is 2.26. The van der Waals surface area contributed by atoms with Crippen molar-refractivity contribution in [1.29, 1.82) is 0 Å². The molecule has 0 spiro atoms. The number of hydrogen-bond acceptors (Lipinski definition) is 2. The number of benzene rings is 1. The summed E-state index contributed by atoms with van der Waals surface area (Å²) in [5, 5.41) is 2.87. The lowest BCUT2D eigenvalue weighted by Gasteiger charge is -2.29. The van der Waals surface area contributed by atoms with Crippen molar-refractivity contribution in [2.24, 2.45) is 17.6 Å². The van der Waals surface area contributed by atoms with Gasteiger partial charge in [0, 0.05) is 17.5 Å². The molecule has 0 aliphatic carbocycles. The van der Waals surface area contributed by atoms with Crippen molar-refractivity contribution in [3.05, 3.63) is 47.5 Å². The van der Waals surface area contributed by atoms with E-state index in [1.54, 1.807) is 6.92 Å². The molecule has 1 aromatic carbocycles. The van der Waals surface area contributed by atoms with Crippen molar-refractivity contribution in [3.63, 3.8) is 0 Å². The summed E-state index contributed by atoms with van der Waals surface area (Å²) in [6.07, 6.45) is 0.762. The van der Waals surface area contributed by atoms with Gasteiger partial charge in [0.15, 0.2) is 0 Å². The second kappa shape index (κ2) is 8.92. The molecule has 0 bridgehead atoms. The van der Waals surface area contributed by atoms with Gasteiger partial charge in [0.1, 0.15) is 11.6 Å². The van der Waals surface area contributed by atoms with Gasteiger partial charge in [-0.05, 0) is 64.7 Å². The van der Waals surface area contributed by atoms with Crippen molar-refractivity contribution in [2.75, 3.05) is 0 Å². The van der Waals surface area contributed by atoms with Crippen molar-refractivity contribution in [2.45, 2.75) is 52.5 Å². The highest BCUT2D eigenvalue weighted by Gasteiger charge is 2.33. The maximum absolute atomic E-state index is 13.3. The highest BCUT2D eigenvalue weighted by atomic mass is 19.1. The van der Waals surface area contributed by atoms with E-state index in [2.05, 4.69) is 11.9 Å². The number of aryl methyl sites for hydroxylation is 1. The monoisotopic (exact) mass is 366 g/mol. The molecule has 0 aromatic heterocycles. The van der Waals surface area contributed by atoms with E-state index in [1.165, 1.54) is 12.1 Å². The number of amides is 2. The Labute approximate surface area is 153 Å². The van der Waals surface area contributed by atoms with Gasteiger partial charge in [-0.2, -0.15) is 0 Å². The predicted molar refractivity (Wildman–Crippen MR) is 98.2 cm³/mol. The first kappa shape index (κ1) is 21.8. The SMILES string of the molecule is C=C(C)CC(C(=O)NC(C)(C)C)C(CCc1cc(F)cc(F)c1)C(N)=O. The number of halogens is 2. The zero-order valence-corrected chi connectivity index (χ0v) is 15.9. The van der Waals surface area contributed by atoms with Crippen molar-refractivity contribution in [1.82, 2.24) is 5.32 Å². The molecule has 6 heteroatoms. The van der Waals surface area contributed by atoms with E-state index in [-0.39, 0.29) is 18.7 Å². The fraction of sp³-hybridized carbons (Fsp3) is 0.500. The Balaban J connectivity index is 3.01. The first-order valence-electron chi connectivity index (χ1n) is 8.59. The molecule has 144 valence electrons. The number of rotatable bonds is 8. The molecule has 0 saturated carbocycles. The standard InChI is InChI=1S/C20H28F2N2O2/c1-12(2)8-17(19(26)24-20(3,4)5)16(18(23)25)7-6-13-9-14(21)11-15(22)10-13/h9-11,16-17H,1,6-8H2,2-5H3,(H2,23,25)(H,24,26). The molecule has 0 aliphatic heterocycles. The van der Waals surface area contributed by atoms with Crippen LogP contribution >= 0.6 is 0 Å². The molecule has 26 heavy (non-hydrogen) atoms. The van der Waals surface area contributed by atoms with Crippen molar-refractivity contribution < 1.29 is 18.4 Å². The van der Waals surface area contributed by atoms with Gasteiger partial charge in [0.25, 0.3) is 0 Å². The quantitative estimate of drug-likeness (QED) is 0.691. The maximum Gasteiger partial charge on any atom is 0.224 e. The topological polar surface area (TPSA) is 72.2 Å². The summed E-state index contributed by atoms with van der Waals surface area (Å²) in [6, 6.07) is 3.21. The average Bonchev–Trinajstić information content (AvgIpc) is 2.42. The highest BCUT2D eigenvalue weighted by molar-refractivity contribution is 5.87. The number of allylic oxidation sites excluding steroid dienone is 1. The van der Waals surface area contributed by atoms with Crippen molar-refractivity contribution in [3.8, 4) is 0 Å². The molecule has 0 aliphatic rings. The molecule has 2 unspecified atom stereocenters. The Hall–Kier alpha value is -2.24. The first-order valence-corrected chi connectivity index (χ1v) is 8.59. The minimum Gasteiger partial charge on any atom is -0.369 e. The van der Waals surface area contributed by atoms with Gasteiger partial charge in [0.05, 0.1) is 5.92 Å². The van der Waals surface area contributed by atoms with Gasteiger partial charge in [-0.25, -0.2) is 8.78 Å². The minimum atomic E-state index is -0.764. The summed E-state index contributed by atoms with van der Waals surface area (Å²) in [4.78, 5) is 24.7. The summed E-state index contributed by atoms with van der Waals surface area (Å²) in [5.74, 6) is -3.70. The fourth-order valence-corrected chi connectivity index (χ4v) is 2.87. The number of nitrogens with two attached hydrogens (primary N) is 1. The minimum absolute atomic E-state index is 0.216. The van der Waals surface area contributed by atoms with Crippen LogP contribution in [-0.2, 0) is 16.0 Å². The molecular weight excluding hydrogens is 338 g/mol. The second-order valence-electron chi connectivity index (χ2n) is 7.83. The molecule has 0 heterocycles. The Morgan fingerprint density at radius 3 is 2.12 bits per heavy atom. The first-order chi connectivity index (χ1) is 11.9. The van der Waals surface area contributed by atoms with E-state index < -0.39 is 34.9 Å². The number of carbonyl (C=O) groups excluding carboxylic acids is 2. The van der Waals surface area contributed by atoms with Crippen LogP contribution in [0.3, 0.4) is 0 Å². The molecule has 0 saturated heterocycles. The van der Waals surface area contributed by atoms with Gasteiger partial charge < -0.3 is 11.1 Å². The third kappa shape index (κ3) is 7.33. The number of primary amides is 1. The number of hydrogen-bond donors (Lipinski definition) is 2. The normalized spacial score (nSPS) is 13.8. The molecule has 0 radical (unpaired) electrons.